The lowest BCUT2D eigenvalue weighted by Crippen LogP contribution is -2.44. The van der Waals surface area contributed by atoms with E-state index in [9.17, 15) is 4.79 Å². The zero-order valence-electron chi connectivity index (χ0n) is 14.5. The molecule has 0 saturated heterocycles. The maximum atomic E-state index is 11.2. The number of carbonyl (C=O) groups is 1. The Balaban J connectivity index is 1.81. The summed E-state index contributed by atoms with van der Waals surface area (Å²) < 4.78 is 5.33. The number of hydrogen-bond acceptors (Lipinski definition) is 2. The van der Waals surface area contributed by atoms with Gasteiger partial charge in [-0.3, -0.25) is 4.79 Å². The van der Waals surface area contributed by atoms with Gasteiger partial charge >= 0.3 is 5.97 Å². The van der Waals surface area contributed by atoms with E-state index in [1.165, 1.54) is 38.2 Å². The molecule has 3 aliphatic carbocycles. The summed E-state index contributed by atoms with van der Waals surface area (Å²) in [6, 6.07) is 0. The van der Waals surface area contributed by atoms with Gasteiger partial charge < -0.3 is 4.74 Å². The maximum absolute atomic E-state index is 11.2. The van der Waals surface area contributed by atoms with E-state index in [1.807, 2.05) is 0 Å². The summed E-state index contributed by atoms with van der Waals surface area (Å²) in [7, 11) is 0. The van der Waals surface area contributed by atoms with E-state index in [2.05, 4.69) is 32.9 Å². The molecule has 22 heavy (non-hydrogen) atoms. The Hall–Kier alpha value is -1.05. The predicted molar refractivity (Wildman–Crippen MR) is 89.0 cm³/mol. The Kier molecular flexibility index (Phi) is 4.22. The number of hydrogen-bond donors (Lipinski definition) is 0. The Morgan fingerprint density at radius 2 is 2.14 bits per heavy atom. The zero-order chi connectivity index (χ0) is 15.9. The molecule has 0 spiro atoms. The average molecular weight is 302 g/mol. The van der Waals surface area contributed by atoms with Gasteiger partial charge in [0.25, 0.3) is 0 Å². The molecule has 3 rings (SSSR count). The minimum atomic E-state index is -0.191. The lowest BCUT2D eigenvalue weighted by Gasteiger charge is -2.52. The van der Waals surface area contributed by atoms with E-state index in [0.29, 0.717) is 11.3 Å². The average Bonchev–Trinajstić information content (AvgIpc) is 2.50. The molecule has 0 aromatic carbocycles. The number of esters is 1. The van der Waals surface area contributed by atoms with Crippen LogP contribution in [0.5, 0.6) is 0 Å². The lowest BCUT2D eigenvalue weighted by molar-refractivity contribution is -0.137. The van der Waals surface area contributed by atoms with Gasteiger partial charge in [0.15, 0.2) is 0 Å². The first kappa shape index (κ1) is 15.8. The summed E-state index contributed by atoms with van der Waals surface area (Å²) in [4.78, 5) is 11.2. The Morgan fingerprint density at radius 3 is 2.82 bits per heavy atom. The van der Waals surface area contributed by atoms with Crippen LogP contribution in [0.15, 0.2) is 23.5 Å². The molecule has 3 aliphatic rings. The summed E-state index contributed by atoms with van der Waals surface area (Å²) in [5.41, 5.74) is 1.97. The monoisotopic (exact) mass is 302 g/mol. The van der Waals surface area contributed by atoms with Crippen molar-refractivity contribution in [2.45, 2.75) is 66.2 Å². The molecule has 1 saturated carbocycles. The van der Waals surface area contributed by atoms with Gasteiger partial charge in [-0.2, -0.15) is 0 Å². The summed E-state index contributed by atoms with van der Waals surface area (Å²) in [6.07, 6.45) is 11.9. The van der Waals surface area contributed by atoms with Crippen molar-refractivity contribution < 1.29 is 9.53 Å². The summed E-state index contributed by atoms with van der Waals surface area (Å²) >= 11 is 0. The molecule has 5 atom stereocenters. The van der Waals surface area contributed by atoms with Crippen molar-refractivity contribution in [2.24, 2.45) is 29.1 Å². The van der Waals surface area contributed by atoms with E-state index in [1.54, 1.807) is 0 Å². The van der Waals surface area contributed by atoms with Crippen molar-refractivity contribution in [1.82, 2.24) is 0 Å². The molecule has 0 amide bonds. The third-order valence-corrected chi connectivity index (χ3v) is 7.02. The molecule has 2 heteroatoms. The van der Waals surface area contributed by atoms with Crippen LogP contribution >= 0.6 is 0 Å². The van der Waals surface area contributed by atoms with Gasteiger partial charge in [0.1, 0.15) is 5.76 Å². The molecule has 0 aromatic heterocycles. The van der Waals surface area contributed by atoms with E-state index in [-0.39, 0.29) is 5.97 Å². The highest BCUT2D eigenvalue weighted by Gasteiger charge is 2.47. The molecule has 2 nitrogen and oxygen atoms in total. The number of fused-ring (bicyclic) bond motifs is 3. The SMILES string of the molecule is CCC1(C)CCC2C3CCC(OC(C)=O)=CC3=CCC2C1C. The van der Waals surface area contributed by atoms with Gasteiger partial charge in [0.2, 0.25) is 0 Å². The molecule has 0 aliphatic heterocycles. The van der Waals surface area contributed by atoms with Crippen LogP contribution in [-0.4, -0.2) is 5.97 Å². The second-order valence-corrected chi connectivity index (χ2v) is 7.95. The highest BCUT2D eigenvalue weighted by atomic mass is 16.5. The first-order valence-electron chi connectivity index (χ1n) is 9.03. The molecule has 0 heterocycles. The second-order valence-electron chi connectivity index (χ2n) is 7.95. The van der Waals surface area contributed by atoms with E-state index in [4.69, 9.17) is 4.74 Å². The van der Waals surface area contributed by atoms with Crippen molar-refractivity contribution in [1.29, 1.82) is 0 Å². The smallest absolute Gasteiger partial charge is 0.307 e. The van der Waals surface area contributed by atoms with E-state index >= 15 is 0 Å². The minimum Gasteiger partial charge on any atom is -0.431 e. The van der Waals surface area contributed by atoms with Gasteiger partial charge in [-0.1, -0.05) is 33.3 Å². The van der Waals surface area contributed by atoms with Crippen LogP contribution in [0.2, 0.25) is 0 Å². The molecule has 0 radical (unpaired) electrons. The molecular weight excluding hydrogens is 272 g/mol. The number of ether oxygens (including phenoxy) is 1. The Bertz CT molecular complexity index is 516. The fourth-order valence-electron chi connectivity index (χ4n) is 5.24. The molecule has 1 fully saturated rings. The van der Waals surface area contributed by atoms with Gasteiger partial charge in [-0.15, -0.1) is 0 Å². The summed E-state index contributed by atoms with van der Waals surface area (Å²) in [5, 5.41) is 0. The molecule has 0 N–H and O–H groups in total. The van der Waals surface area contributed by atoms with Gasteiger partial charge in [0.05, 0.1) is 0 Å². The molecule has 122 valence electrons. The Labute approximate surface area is 135 Å². The summed E-state index contributed by atoms with van der Waals surface area (Å²) in [5.74, 6) is 3.87. The summed E-state index contributed by atoms with van der Waals surface area (Å²) in [6.45, 7) is 8.83. The van der Waals surface area contributed by atoms with E-state index in [0.717, 1.165) is 36.4 Å². The van der Waals surface area contributed by atoms with Crippen molar-refractivity contribution >= 4 is 5.97 Å². The van der Waals surface area contributed by atoms with Gasteiger partial charge in [0, 0.05) is 13.3 Å². The highest BCUT2D eigenvalue weighted by molar-refractivity contribution is 5.67. The van der Waals surface area contributed by atoms with Crippen molar-refractivity contribution in [3.05, 3.63) is 23.5 Å². The predicted octanol–water partition coefficient (Wildman–Crippen LogP) is 5.25. The van der Waals surface area contributed by atoms with Crippen LogP contribution in [0.1, 0.15) is 66.2 Å². The minimum absolute atomic E-state index is 0.191. The van der Waals surface area contributed by atoms with Crippen LogP contribution in [0.3, 0.4) is 0 Å². The maximum Gasteiger partial charge on any atom is 0.307 e. The topological polar surface area (TPSA) is 26.3 Å². The third kappa shape index (κ3) is 2.66. The van der Waals surface area contributed by atoms with Crippen LogP contribution in [0.4, 0.5) is 0 Å². The van der Waals surface area contributed by atoms with Crippen LogP contribution in [0.25, 0.3) is 0 Å². The lowest BCUT2D eigenvalue weighted by atomic mass is 9.52. The Morgan fingerprint density at radius 1 is 1.36 bits per heavy atom. The molecular formula is C20H30O2. The van der Waals surface area contributed by atoms with Crippen molar-refractivity contribution in [2.75, 3.05) is 0 Å². The highest BCUT2D eigenvalue weighted by Crippen LogP contribution is 2.56. The van der Waals surface area contributed by atoms with Crippen LogP contribution < -0.4 is 0 Å². The second kappa shape index (κ2) is 5.86. The quantitative estimate of drug-likeness (QED) is 0.651. The fraction of sp³-hybridized carbons (Fsp3) is 0.750. The normalized spacial score (nSPS) is 40.9. The van der Waals surface area contributed by atoms with Gasteiger partial charge in [-0.25, -0.2) is 0 Å². The largest absolute Gasteiger partial charge is 0.431 e. The first-order chi connectivity index (χ1) is 10.4. The van der Waals surface area contributed by atoms with Crippen LogP contribution in [-0.2, 0) is 9.53 Å². The molecule has 0 bridgehead atoms. The zero-order valence-corrected chi connectivity index (χ0v) is 14.5. The van der Waals surface area contributed by atoms with Crippen molar-refractivity contribution in [3.63, 3.8) is 0 Å². The third-order valence-electron chi connectivity index (χ3n) is 7.02. The standard InChI is InChI=1S/C20H30O2/c1-5-20(4)11-10-19-17(13(20)2)8-6-15-12-16(22-14(3)21)7-9-18(15)19/h6,12-13,17-19H,5,7-11H2,1-4H3. The molecule has 0 aromatic rings. The van der Waals surface area contributed by atoms with Gasteiger partial charge in [-0.05, 0) is 66.4 Å². The number of allylic oxidation sites excluding steroid dienone is 4. The van der Waals surface area contributed by atoms with E-state index < -0.39 is 0 Å². The van der Waals surface area contributed by atoms with Crippen LogP contribution in [0, 0.1) is 29.1 Å². The number of rotatable bonds is 2. The molecule has 5 unspecified atom stereocenters. The fourth-order valence-corrected chi connectivity index (χ4v) is 5.24. The van der Waals surface area contributed by atoms with Crippen molar-refractivity contribution in [3.8, 4) is 0 Å². The number of carbonyl (C=O) groups excluding carboxylic acids is 1. The first-order valence-corrected chi connectivity index (χ1v) is 9.03.